The predicted octanol–water partition coefficient (Wildman–Crippen LogP) is 11.4. The van der Waals surface area contributed by atoms with Gasteiger partial charge in [0.2, 0.25) is 0 Å². The summed E-state index contributed by atoms with van der Waals surface area (Å²) in [5, 5.41) is 0. The summed E-state index contributed by atoms with van der Waals surface area (Å²) in [4.78, 5) is 41.4. The molecule has 2 heterocycles. The molecule has 4 aromatic rings. The molecule has 0 bridgehead atoms. The van der Waals surface area contributed by atoms with Gasteiger partial charge in [-0.25, -0.2) is 9.98 Å². The van der Waals surface area contributed by atoms with Crippen LogP contribution in [0, 0.1) is 0 Å². The topological polar surface area (TPSA) is 83.8 Å². The lowest BCUT2D eigenvalue weighted by molar-refractivity contribution is -0.123. The van der Waals surface area contributed by atoms with Crippen molar-refractivity contribution in [2.24, 2.45) is 9.98 Å². The maximum absolute atomic E-state index is 14.0. The molecule has 2 aliphatic heterocycles. The Labute approximate surface area is 357 Å². The average Bonchev–Trinajstić information content (AvgIpc) is 3.67. The van der Waals surface area contributed by atoms with Crippen LogP contribution in [0.15, 0.2) is 118 Å². The molecule has 60 heavy (non-hydrogen) atoms. The van der Waals surface area contributed by atoms with Crippen LogP contribution in [-0.2, 0) is 20.4 Å². The molecule has 8 heteroatoms. The minimum atomic E-state index is -0.102. The van der Waals surface area contributed by atoms with Crippen LogP contribution >= 0.6 is 0 Å². The zero-order valence-electron chi connectivity index (χ0n) is 37.2. The molecule has 2 amide bonds. The molecule has 0 fully saturated rings. The van der Waals surface area contributed by atoms with Gasteiger partial charge >= 0.3 is 0 Å². The fourth-order valence-electron chi connectivity index (χ4n) is 7.23. The summed E-state index contributed by atoms with van der Waals surface area (Å²) in [6.07, 6.45) is 7.23. The third-order valence-electron chi connectivity index (χ3n) is 10.5. The Bertz CT molecular complexity index is 2090. The Kier molecular flexibility index (Phi) is 13.6. The zero-order valence-corrected chi connectivity index (χ0v) is 37.2. The fraction of sp³-hybridized carbons (Fsp3) is 0.385. The van der Waals surface area contributed by atoms with Gasteiger partial charge in [0.05, 0.1) is 12.2 Å². The van der Waals surface area contributed by atoms with Crippen LogP contribution in [0.4, 0.5) is 0 Å². The lowest BCUT2D eigenvalue weighted by Gasteiger charge is -2.22. The summed E-state index contributed by atoms with van der Waals surface area (Å²) in [5.41, 5.74) is 6.92. The van der Waals surface area contributed by atoms with Crippen molar-refractivity contribution >= 4 is 35.6 Å². The van der Waals surface area contributed by atoms with Gasteiger partial charge in [0.25, 0.3) is 11.8 Å². The maximum atomic E-state index is 14.0. The molecule has 0 unspecified atom stereocenters. The van der Waals surface area contributed by atoms with E-state index >= 15 is 0 Å². The number of amidine groups is 2. The van der Waals surface area contributed by atoms with Crippen molar-refractivity contribution in [3.05, 3.63) is 142 Å². The molecule has 0 spiro atoms. The number of amides is 2. The van der Waals surface area contributed by atoms with E-state index in [1.807, 2.05) is 98.2 Å². The number of ether oxygens (including phenoxy) is 2. The van der Waals surface area contributed by atoms with Gasteiger partial charge in [-0.05, 0) is 110 Å². The Hall–Kier alpha value is -5.76. The number of carbonyl (C=O) groups excluding carboxylic acids is 2. The Morgan fingerprint density at radius 2 is 0.833 bits per heavy atom. The van der Waals surface area contributed by atoms with Crippen molar-refractivity contribution < 1.29 is 19.1 Å². The van der Waals surface area contributed by atoms with E-state index in [0.29, 0.717) is 36.2 Å². The monoisotopic (exact) mass is 806 g/mol. The highest BCUT2D eigenvalue weighted by Gasteiger charge is 2.32. The number of hydrogen-bond donors (Lipinski definition) is 0. The van der Waals surface area contributed by atoms with Gasteiger partial charge in [0, 0.05) is 24.2 Å². The molecule has 0 saturated heterocycles. The van der Waals surface area contributed by atoms with E-state index in [2.05, 4.69) is 90.1 Å². The van der Waals surface area contributed by atoms with Gasteiger partial charge in [-0.2, -0.15) is 0 Å². The van der Waals surface area contributed by atoms with Crippen LogP contribution < -0.4 is 9.47 Å². The van der Waals surface area contributed by atoms with Gasteiger partial charge in [0.15, 0.2) is 0 Å². The Balaban J connectivity index is 1.14. The molecular formula is C52H62N4O4. The molecule has 4 aromatic carbocycles. The number of benzene rings is 4. The number of carbonyl (C=O) groups is 2. The van der Waals surface area contributed by atoms with E-state index in [1.54, 1.807) is 0 Å². The third-order valence-corrected chi connectivity index (χ3v) is 10.5. The van der Waals surface area contributed by atoms with Crippen molar-refractivity contribution in [2.75, 3.05) is 13.1 Å². The smallest absolute Gasteiger partial charge is 0.278 e. The minimum absolute atomic E-state index is 0.0122. The molecule has 6 rings (SSSR count). The van der Waals surface area contributed by atoms with Crippen LogP contribution in [0.3, 0.4) is 0 Å². The van der Waals surface area contributed by atoms with E-state index < -0.39 is 0 Å². The standard InChI is InChI=1S/C52H62N4O4/c1-35(2)59-43-27-15-37(16-28-43)33-45-49(57)55(47(53-45)39-19-23-41(24-20-39)51(5,6)7)31-13-11-12-14-32-56-48(40-21-25-42(26-22-40)52(8,9)10)54-46(50(56)58)34-38-17-29-44(30-18-38)60-36(3)4/h15-30,33-36H,11-14,31-32H2,1-10H3. The normalized spacial score (nSPS) is 16.1. The number of unbranched alkanes of at least 4 members (excludes halogenated alkanes) is 3. The molecule has 0 aromatic heterocycles. The first-order valence-corrected chi connectivity index (χ1v) is 21.5. The highest BCUT2D eigenvalue weighted by atomic mass is 16.5. The van der Waals surface area contributed by atoms with Gasteiger partial charge < -0.3 is 9.47 Å². The van der Waals surface area contributed by atoms with E-state index in [0.717, 1.165) is 59.4 Å². The van der Waals surface area contributed by atoms with Crippen LogP contribution in [0.2, 0.25) is 0 Å². The summed E-state index contributed by atoms with van der Waals surface area (Å²) in [6.45, 7) is 22.2. The van der Waals surface area contributed by atoms with Crippen molar-refractivity contribution in [3.63, 3.8) is 0 Å². The zero-order chi connectivity index (χ0) is 43.2. The summed E-state index contributed by atoms with van der Waals surface area (Å²) in [5.74, 6) is 2.72. The van der Waals surface area contributed by atoms with Crippen LogP contribution in [0.1, 0.15) is 128 Å². The van der Waals surface area contributed by atoms with E-state index in [9.17, 15) is 9.59 Å². The molecule has 0 saturated carbocycles. The average molecular weight is 807 g/mol. The van der Waals surface area contributed by atoms with Gasteiger partial charge in [-0.15, -0.1) is 0 Å². The van der Waals surface area contributed by atoms with Crippen molar-refractivity contribution in [2.45, 2.75) is 118 Å². The van der Waals surface area contributed by atoms with Gasteiger partial charge in [-0.1, -0.05) is 127 Å². The minimum Gasteiger partial charge on any atom is -0.491 e. The summed E-state index contributed by atoms with van der Waals surface area (Å²) in [6, 6.07) is 32.3. The molecule has 0 radical (unpaired) electrons. The van der Waals surface area contributed by atoms with Crippen molar-refractivity contribution in [1.82, 2.24) is 9.80 Å². The summed E-state index contributed by atoms with van der Waals surface area (Å²) in [7, 11) is 0. The highest BCUT2D eigenvalue weighted by molar-refractivity contribution is 6.20. The molecular weight excluding hydrogens is 745 g/mol. The maximum Gasteiger partial charge on any atom is 0.278 e. The fourth-order valence-corrected chi connectivity index (χ4v) is 7.23. The first-order valence-electron chi connectivity index (χ1n) is 21.5. The first kappa shape index (κ1) is 43.8. The number of nitrogens with zero attached hydrogens (tertiary/aromatic N) is 4. The van der Waals surface area contributed by atoms with Crippen molar-refractivity contribution in [3.8, 4) is 11.5 Å². The first-order chi connectivity index (χ1) is 28.5. The van der Waals surface area contributed by atoms with Gasteiger partial charge in [-0.3, -0.25) is 19.4 Å². The van der Waals surface area contributed by atoms with E-state index in [-0.39, 0.29) is 34.9 Å². The molecule has 0 atom stereocenters. The second-order valence-corrected chi connectivity index (χ2v) is 18.4. The Morgan fingerprint density at radius 3 is 1.13 bits per heavy atom. The van der Waals surface area contributed by atoms with E-state index in [1.165, 1.54) is 11.1 Å². The Morgan fingerprint density at radius 1 is 0.500 bits per heavy atom. The highest BCUT2D eigenvalue weighted by Crippen LogP contribution is 2.29. The largest absolute Gasteiger partial charge is 0.491 e. The van der Waals surface area contributed by atoms with Crippen LogP contribution in [-0.4, -0.2) is 58.6 Å². The quantitative estimate of drug-likeness (QED) is 0.0885. The van der Waals surface area contributed by atoms with Gasteiger partial charge in [0.1, 0.15) is 34.6 Å². The van der Waals surface area contributed by atoms with Crippen molar-refractivity contribution in [1.29, 1.82) is 0 Å². The number of aliphatic imine (C=N–C) groups is 2. The van der Waals surface area contributed by atoms with Crippen LogP contribution in [0.25, 0.3) is 12.2 Å². The number of hydrogen-bond acceptors (Lipinski definition) is 6. The number of rotatable bonds is 15. The van der Waals surface area contributed by atoms with Crippen LogP contribution in [0.5, 0.6) is 11.5 Å². The lowest BCUT2D eigenvalue weighted by atomic mass is 9.86. The molecule has 0 N–H and O–H groups in total. The molecule has 314 valence electrons. The molecule has 0 aliphatic carbocycles. The lowest BCUT2D eigenvalue weighted by Crippen LogP contribution is -2.34. The summed E-state index contributed by atoms with van der Waals surface area (Å²) >= 11 is 0. The second kappa shape index (κ2) is 18.7. The van der Waals surface area contributed by atoms with E-state index in [4.69, 9.17) is 19.5 Å². The predicted molar refractivity (Wildman–Crippen MR) is 246 cm³/mol. The molecule has 2 aliphatic rings. The SMILES string of the molecule is CC(C)Oc1ccc(C=C2N=C(c3ccc(C(C)(C)C)cc3)N(CCCCCCN3C(=O)C(=Cc4ccc(OC(C)C)cc4)N=C3c3ccc(C(C)(C)C)cc3)C2=O)cc1. The molecule has 8 nitrogen and oxygen atoms in total. The third kappa shape index (κ3) is 11.1. The second-order valence-electron chi connectivity index (χ2n) is 18.4. The summed E-state index contributed by atoms with van der Waals surface area (Å²) < 4.78 is 11.6.